The number of amides is 1. The summed E-state index contributed by atoms with van der Waals surface area (Å²) in [5.74, 6) is 1.42. The molecule has 0 spiro atoms. The van der Waals surface area contributed by atoms with Crippen molar-refractivity contribution >= 4 is 22.9 Å². The molecule has 132 valence electrons. The number of ether oxygens (including phenoxy) is 2. The number of nitrogens with zero attached hydrogens (tertiary/aromatic N) is 1. The number of nitrogens with one attached hydrogen (secondary N) is 1. The van der Waals surface area contributed by atoms with Crippen LogP contribution in [0.15, 0.2) is 47.8 Å². The topological polar surface area (TPSA) is 60.5 Å². The monoisotopic (exact) mass is 366 g/mol. The Bertz CT molecular complexity index is 952. The first kappa shape index (κ1) is 16.6. The molecule has 0 atom stereocenters. The molecule has 1 aliphatic rings. The molecule has 1 aliphatic heterocycles. The number of hydrogen-bond donors (Lipinski definition) is 1. The van der Waals surface area contributed by atoms with Crippen molar-refractivity contribution in [3.8, 4) is 22.8 Å². The molecule has 0 fully saturated rings. The summed E-state index contributed by atoms with van der Waals surface area (Å²) in [6, 6.07) is 13.5. The van der Waals surface area contributed by atoms with Gasteiger partial charge >= 0.3 is 0 Å². The van der Waals surface area contributed by atoms with Gasteiger partial charge in [0.25, 0.3) is 0 Å². The second-order valence-corrected chi connectivity index (χ2v) is 7.02. The molecule has 1 aromatic heterocycles. The molecule has 0 saturated carbocycles. The van der Waals surface area contributed by atoms with E-state index in [2.05, 4.69) is 10.3 Å². The second-order valence-electron chi connectivity index (χ2n) is 6.08. The Hall–Kier alpha value is -2.86. The molecular formula is C20H18N2O3S. The van der Waals surface area contributed by atoms with Crippen LogP contribution in [0.5, 0.6) is 11.5 Å². The van der Waals surface area contributed by atoms with Crippen molar-refractivity contribution in [3.05, 3.63) is 58.4 Å². The van der Waals surface area contributed by atoms with Crippen molar-refractivity contribution in [2.45, 2.75) is 13.3 Å². The lowest BCUT2D eigenvalue weighted by molar-refractivity contribution is -0.115. The fourth-order valence-corrected chi connectivity index (χ4v) is 3.59. The van der Waals surface area contributed by atoms with E-state index in [-0.39, 0.29) is 12.3 Å². The van der Waals surface area contributed by atoms with E-state index in [1.807, 2.05) is 54.8 Å². The molecule has 5 nitrogen and oxygen atoms in total. The van der Waals surface area contributed by atoms with Gasteiger partial charge in [0.15, 0.2) is 11.5 Å². The van der Waals surface area contributed by atoms with E-state index >= 15 is 0 Å². The summed E-state index contributed by atoms with van der Waals surface area (Å²) in [6.45, 7) is 3.12. The molecule has 2 aromatic carbocycles. The highest BCUT2D eigenvalue weighted by Gasteiger charge is 2.14. The Morgan fingerprint density at radius 2 is 2.00 bits per heavy atom. The Morgan fingerprint density at radius 1 is 1.15 bits per heavy atom. The van der Waals surface area contributed by atoms with Gasteiger partial charge in [0.2, 0.25) is 5.91 Å². The van der Waals surface area contributed by atoms with Crippen LogP contribution in [0.3, 0.4) is 0 Å². The van der Waals surface area contributed by atoms with Crippen LogP contribution in [-0.2, 0) is 11.2 Å². The SMILES string of the molecule is Cc1cccc(NC(=O)Cc2nc(-c3ccc4c(c3)OCCO4)cs2)c1. The van der Waals surface area contributed by atoms with Gasteiger partial charge in [-0.15, -0.1) is 11.3 Å². The van der Waals surface area contributed by atoms with Crippen molar-refractivity contribution in [2.75, 3.05) is 18.5 Å². The van der Waals surface area contributed by atoms with E-state index < -0.39 is 0 Å². The van der Waals surface area contributed by atoms with Gasteiger partial charge in [-0.05, 0) is 42.8 Å². The fourth-order valence-electron chi connectivity index (χ4n) is 2.79. The van der Waals surface area contributed by atoms with E-state index in [1.54, 1.807) is 0 Å². The summed E-state index contributed by atoms with van der Waals surface area (Å²) >= 11 is 1.48. The molecule has 0 radical (unpaired) electrons. The van der Waals surface area contributed by atoms with Crippen molar-refractivity contribution in [1.82, 2.24) is 4.98 Å². The van der Waals surface area contributed by atoms with Crippen molar-refractivity contribution in [1.29, 1.82) is 0 Å². The minimum Gasteiger partial charge on any atom is -0.486 e. The predicted octanol–water partition coefficient (Wildman–Crippen LogP) is 4.07. The average Bonchev–Trinajstić information content (AvgIpc) is 3.09. The molecule has 6 heteroatoms. The summed E-state index contributed by atoms with van der Waals surface area (Å²) in [7, 11) is 0. The molecule has 3 aromatic rings. The van der Waals surface area contributed by atoms with Gasteiger partial charge in [0.05, 0.1) is 12.1 Å². The first-order valence-corrected chi connectivity index (χ1v) is 9.26. The molecule has 26 heavy (non-hydrogen) atoms. The number of thiazole rings is 1. The van der Waals surface area contributed by atoms with Crippen LogP contribution in [0.4, 0.5) is 5.69 Å². The Labute approximate surface area is 155 Å². The van der Waals surface area contributed by atoms with E-state index in [1.165, 1.54) is 11.3 Å². The highest BCUT2D eigenvalue weighted by Crippen LogP contribution is 2.34. The predicted molar refractivity (Wildman–Crippen MR) is 102 cm³/mol. The van der Waals surface area contributed by atoms with Crippen LogP contribution in [0, 0.1) is 6.92 Å². The summed E-state index contributed by atoms with van der Waals surface area (Å²) in [4.78, 5) is 16.8. The Morgan fingerprint density at radius 3 is 2.85 bits per heavy atom. The van der Waals surface area contributed by atoms with Crippen molar-refractivity contribution < 1.29 is 14.3 Å². The molecule has 2 heterocycles. The number of carbonyl (C=O) groups is 1. The zero-order valence-corrected chi connectivity index (χ0v) is 15.1. The number of benzene rings is 2. The zero-order valence-electron chi connectivity index (χ0n) is 14.3. The maximum absolute atomic E-state index is 12.2. The molecule has 1 amide bonds. The first-order chi connectivity index (χ1) is 12.7. The van der Waals surface area contributed by atoms with Gasteiger partial charge in [-0.2, -0.15) is 0 Å². The average molecular weight is 366 g/mol. The third-order valence-electron chi connectivity index (χ3n) is 4.00. The molecule has 0 bridgehead atoms. The minimum atomic E-state index is -0.0707. The summed E-state index contributed by atoms with van der Waals surface area (Å²) in [6.07, 6.45) is 0.253. The van der Waals surface area contributed by atoms with Crippen LogP contribution >= 0.6 is 11.3 Å². The van der Waals surface area contributed by atoms with Crippen molar-refractivity contribution in [3.63, 3.8) is 0 Å². The summed E-state index contributed by atoms with van der Waals surface area (Å²) in [5, 5.41) is 5.65. The van der Waals surface area contributed by atoms with Crippen LogP contribution in [0.1, 0.15) is 10.6 Å². The number of hydrogen-bond acceptors (Lipinski definition) is 5. The van der Waals surface area contributed by atoms with E-state index in [0.717, 1.165) is 39.0 Å². The lowest BCUT2D eigenvalue weighted by Crippen LogP contribution is -2.15. The zero-order chi connectivity index (χ0) is 17.9. The van der Waals surface area contributed by atoms with Crippen LogP contribution in [-0.4, -0.2) is 24.1 Å². The number of rotatable bonds is 4. The van der Waals surface area contributed by atoms with Gasteiger partial charge in [-0.1, -0.05) is 12.1 Å². The van der Waals surface area contributed by atoms with Crippen LogP contribution in [0.2, 0.25) is 0 Å². The Balaban J connectivity index is 1.45. The fraction of sp³-hybridized carbons (Fsp3) is 0.200. The third kappa shape index (κ3) is 3.70. The third-order valence-corrected chi connectivity index (χ3v) is 4.85. The van der Waals surface area contributed by atoms with Gasteiger partial charge in [0, 0.05) is 16.6 Å². The largest absolute Gasteiger partial charge is 0.486 e. The lowest BCUT2D eigenvalue weighted by Gasteiger charge is -2.18. The molecule has 0 saturated heterocycles. The maximum Gasteiger partial charge on any atom is 0.231 e. The molecule has 4 rings (SSSR count). The molecule has 1 N–H and O–H groups in total. The highest BCUT2D eigenvalue weighted by molar-refractivity contribution is 7.10. The summed E-state index contributed by atoms with van der Waals surface area (Å²) < 4.78 is 11.2. The number of fused-ring (bicyclic) bond motifs is 1. The normalized spacial score (nSPS) is 12.7. The maximum atomic E-state index is 12.2. The van der Waals surface area contributed by atoms with Crippen LogP contribution < -0.4 is 14.8 Å². The highest BCUT2D eigenvalue weighted by atomic mass is 32.1. The smallest absolute Gasteiger partial charge is 0.231 e. The van der Waals surface area contributed by atoms with Gasteiger partial charge in [-0.25, -0.2) is 4.98 Å². The number of anilines is 1. The van der Waals surface area contributed by atoms with Gasteiger partial charge in [0.1, 0.15) is 18.2 Å². The molecule has 0 aliphatic carbocycles. The number of aryl methyl sites for hydroxylation is 1. The standard InChI is InChI=1S/C20H18N2O3S/c1-13-3-2-4-15(9-13)21-19(23)11-20-22-16(12-26-20)14-5-6-17-18(10-14)25-8-7-24-17/h2-6,9-10,12H,7-8,11H2,1H3,(H,21,23). The quantitative estimate of drug-likeness (QED) is 0.756. The van der Waals surface area contributed by atoms with Gasteiger partial charge < -0.3 is 14.8 Å². The molecule has 0 unspecified atom stereocenters. The lowest BCUT2D eigenvalue weighted by atomic mass is 10.1. The van der Waals surface area contributed by atoms with E-state index in [4.69, 9.17) is 9.47 Å². The number of carbonyl (C=O) groups excluding carboxylic acids is 1. The number of aromatic nitrogens is 1. The van der Waals surface area contributed by atoms with E-state index in [9.17, 15) is 4.79 Å². The Kier molecular flexibility index (Phi) is 4.58. The van der Waals surface area contributed by atoms with Crippen molar-refractivity contribution in [2.24, 2.45) is 0 Å². The van der Waals surface area contributed by atoms with Gasteiger partial charge in [-0.3, -0.25) is 4.79 Å². The minimum absolute atomic E-state index is 0.0707. The van der Waals surface area contributed by atoms with Crippen LogP contribution in [0.25, 0.3) is 11.3 Å². The summed E-state index contributed by atoms with van der Waals surface area (Å²) in [5.41, 5.74) is 3.71. The first-order valence-electron chi connectivity index (χ1n) is 8.38. The van der Waals surface area contributed by atoms with E-state index in [0.29, 0.717) is 13.2 Å². The molecular weight excluding hydrogens is 348 g/mol. The second kappa shape index (κ2) is 7.17.